The summed E-state index contributed by atoms with van der Waals surface area (Å²) in [6.45, 7) is 9.98. The smallest absolute Gasteiger partial charge is 0.237 e. The number of amides is 1. The maximum atomic E-state index is 12.0. The van der Waals surface area contributed by atoms with Crippen LogP contribution in [0.3, 0.4) is 0 Å². The molecule has 0 spiro atoms. The molecular formula is C16H26N2O. The molecule has 1 amide bonds. The summed E-state index contributed by atoms with van der Waals surface area (Å²) in [7, 11) is 0. The minimum absolute atomic E-state index is 0.0485. The van der Waals surface area contributed by atoms with Crippen LogP contribution in [0.4, 0.5) is 0 Å². The fraction of sp³-hybridized carbons (Fsp3) is 0.562. The van der Waals surface area contributed by atoms with Crippen LogP contribution in [0, 0.1) is 0 Å². The zero-order valence-corrected chi connectivity index (χ0v) is 12.7. The normalized spacial score (nSPS) is 14.8. The van der Waals surface area contributed by atoms with Gasteiger partial charge in [-0.05, 0) is 46.6 Å². The van der Waals surface area contributed by atoms with E-state index in [0.717, 1.165) is 6.42 Å². The molecule has 0 radical (unpaired) electrons. The van der Waals surface area contributed by atoms with Gasteiger partial charge >= 0.3 is 0 Å². The van der Waals surface area contributed by atoms with E-state index in [1.807, 2.05) is 45.9 Å². The van der Waals surface area contributed by atoms with Gasteiger partial charge < -0.3 is 10.6 Å². The Morgan fingerprint density at radius 3 is 2.26 bits per heavy atom. The number of hydrogen-bond donors (Lipinski definition) is 2. The number of hydrogen-bond acceptors (Lipinski definition) is 2. The molecule has 0 aliphatic heterocycles. The monoisotopic (exact) mass is 262 g/mol. The van der Waals surface area contributed by atoms with Crippen molar-refractivity contribution < 1.29 is 4.79 Å². The van der Waals surface area contributed by atoms with Crippen molar-refractivity contribution in [1.29, 1.82) is 0 Å². The Balaban J connectivity index is 2.44. The van der Waals surface area contributed by atoms with E-state index in [1.165, 1.54) is 5.56 Å². The first-order valence-electron chi connectivity index (χ1n) is 6.90. The van der Waals surface area contributed by atoms with E-state index >= 15 is 0 Å². The fourth-order valence-electron chi connectivity index (χ4n) is 2.01. The van der Waals surface area contributed by atoms with Crippen LogP contribution >= 0.6 is 0 Å². The van der Waals surface area contributed by atoms with Crippen LogP contribution in [-0.2, 0) is 11.2 Å². The molecule has 0 fully saturated rings. The summed E-state index contributed by atoms with van der Waals surface area (Å²) in [6, 6.07) is 10.4. The fourth-order valence-corrected chi connectivity index (χ4v) is 2.01. The minimum Gasteiger partial charge on any atom is -0.350 e. The predicted octanol–water partition coefficient (Wildman–Crippen LogP) is 2.51. The second-order valence-electron chi connectivity index (χ2n) is 6.22. The van der Waals surface area contributed by atoms with E-state index in [9.17, 15) is 4.79 Å². The summed E-state index contributed by atoms with van der Waals surface area (Å²) >= 11 is 0. The van der Waals surface area contributed by atoms with Crippen LogP contribution in [0.15, 0.2) is 30.3 Å². The van der Waals surface area contributed by atoms with Crippen LogP contribution in [-0.4, -0.2) is 23.5 Å². The molecule has 2 atom stereocenters. The number of carbonyl (C=O) groups is 1. The molecule has 19 heavy (non-hydrogen) atoms. The Morgan fingerprint density at radius 2 is 1.74 bits per heavy atom. The van der Waals surface area contributed by atoms with Crippen LogP contribution < -0.4 is 10.6 Å². The summed E-state index contributed by atoms with van der Waals surface area (Å²) < 4.78 is 0. The molecule has 0 bridgehead atoms. The van der Waals surface area contributed by atoms with Crippen LogP contribution in [0.1, 0.15) is 40.2 Å². The number of nitrogens with one attached hydrogen (secondary N) is 2. The lowest BCUT2D eigenvalue weighted by atomic mass is 10.1. The Kier molecular flexibility index (Phi) is 5.55. The highest BCUT2D eigenvalue weighted by molar-refractivity contribution is 5.81. The third kappa shape index (κ3) is 6.39. The molecule has 1 aromatic rings. The number of benzene rings is 1. The third-order valence-electron chi connectivity index (χ3n) is 2.81. The van der Waals surface area contributed by atoms with Crippen LogP contribution in [0.5, 0.6) is 0 Å². The highest BCUT2D eigenvalue weighted by Crippen LogP contribution is 2.04. The zero-order valence-electron chi connectivity index (χ0n) is 12.7. The van der Waals surface area contributed by atoms with Gasteiger partial charge in [-0.2, -0.15) is 0 Å². The van der Waals surface area contributed by atoms with Crippen LogP contribution in [0.25, 0.3) is 0 Å². The molecule has 0 aliphatic carbocycles. The minimum atomic E-state index is -0.185. The van der Waals surface area contributed by atoms with Crippen molar-refractivity contribution in [3.05, 3.63) is 35.9 Å². The van der Waals surface area contributed by atoms with E-state index in [4.69, 9.17) is 0 Å². The first-order valence-corrected chi connectivity index (χ1v) is 6.90. The Hall–Kier alpha value is -1.35. The molecule has 1 rings (SSSR count). The molecule has 2 unspecified atom stereocenters. The number of carbonyl (C=O) groups excluding carboxylic acids is 1. The van der Waals surface area contributed by atoms with Crippen molar-refractivity contribution in [3.63, 3.8) is 0 Å². The van der Waals surface area contributed by atoms with E-state index in [0.29, 0.717) is 0 Å². The summed E-state index contributed by atoms with van der Waals surface area (Å²) in [4.78, 5) is 12.0. The number of rotatable bonds is 5. The Labute approximate surface area is 116 Å². The molecule has 0 saturated carbocycles. The lowest BCUT2D eigenvalue weighted by Crippen LogP contribution is -2.51. The van der Waals surface area contributed by atoms with Gasteiger partial charge in [0.15, 0.2) is 0 Å². The lowest BCUT2D eigenvalue weighted by Gasteiger charge is -2.25. The van der Waals surface area contributed by atoms with Gasteiger partial charge in [-0.3, -0.25) is 4.79 Å². The summed E-state index contributed by atoms with van der Waals surface area (Å²) in [5.41, 5.74) is 1.10. The highest BCUT2D eigenvalue weighted by Gasteiger charge is 2.20. The second kappa shape index (κ2) is 6.71. The van der Waals surface area contributed by atoms with Gasteiger partial charge in [0.25, 0.3) is 0 Å². The van der Waals surface area contributed by atoms with Crippen molar-refractivity contribution in [1.82, 2.24) is 10.6 Å². The van der Waals surface area contributed by atoms with E-state index < -0.39 is 0 Å². The molecule has 0 aliphatic rings. The van der Waals surface area contributed by atoms with Gasteiger partial charge in [-0.25, -0.2) is 0 Å². The van der Waals surface area contributed by atoms with Gasteiger partial charge in [0.05, 0.1) is 6.04 Å². The van der Waals surface area contributed by atoms with Crippen molar-refractivity contribution >= 4 is 5.91 Å². The molecule has 106 valence electrons. The average Bonchev–Trinajstić information content (AvgIpc) is 2.27. The van der Waals surface area contributed by atoms with E-state index in [2.05, 4.69) is 29.7 Å². The van der Waals surface area contributed by atoms with Crippen molar-refractivity contribution in [2.45, 2.75) is 58.7 Å². The molecule has 1 aromatic carbocycles. The first-order chi connectivity index (χ1) is 8.78. The zero-order chi connectivity index (χ0) is 14.5. The SMILES string of the molecule is CC(Cc1ccccc1)NC(C)C(=O)NC(C)(C)C. The van der Waals surface area contributed by atoms with Gasteiger partial charge in [0, 0.05) is 11.6 Å². The molecular weight excluding hydrogens is 236 g/mol. The van der Waals surface area contributed by atoms with Gasteiger partial charge in [0.2, 0.25) is 5.91 Å². The van der Waals surface area contributed by atoms with Crippen molar-refractivity contribution in [2.75, 3.05) is 0 Å². The van der Waals surface area contributed by atoms with E-state index in [1.54, 1.807) is 0 Å². The standard InChI is InChI=1S/C16H26N2O/c1-12(11-14-9-7-6-8-10-14)17-13(2)15(19)18-16(3,4)5/h6-10,12-13,17H,11H2,1-5H3,(H,18,19). The summed E-state index contributed by atoms with van der Waals surface area (Å²) in [5, 5.41) is 6.33. The second-order valence-corrected chi connectivity index (χ2v) is 6.22. The third-order valence-corrected chi connectivity index (χ3v) is 2.81. The molecule has 0 saturated heterocycles. The maximum absolute atomic E-state index is 12.0. The summed E-state index contributed by atoms with van der Waals surface area (Å²) in [5.74, 6) is 0.0485. The predicted molar refractivity (Wildman–Crippen MR) is 80.1 cm³/mol. The average molecular weight is 262 g/mol. The van der Waals surface area contributed by atoms with Gasteiger partial charge in [0.1, 0.15) is 0 Å². The summed E-state index contributed by atoms with van der Waals surface area (Å²) in [6.07, 6.45) is 0.925. The van der Waals surface area contributed by atoms with Gasteiger partial charge in [-0.15, -0.1) is 0 Å². The molecule has 3 nitrogen and oxygen atoms in total. The highest BCUT2D eigenvalue weighted by atomic mass is 16.2. The van der Waals surface area contributed by atoms with Crippen molar-refractivity contribution in [2.24, 2.45) is 0 Å². The molecule has 3 heteroatoms. The topological polar surface area (TPSA) is 41.1 Å². The van der Waals surface area contributed by atoms with Crippen molar-refractivity contribution in [3.8, 4) is 0 Å². The molecule has 0 heterocycles. The first kappa shape index (κ1) is 15.7. The molecule has 0 aromatic heterocycles. The Morgan fingerprint density at radius 1 is 1.16 bits per heavy atom. The largest absolute Gasteiger partial charge is 0.350 e. The quantitative estimate of drug-likeness (QED) is 0.856. The lowest BCUT2D eigenvalue weighted by molar-refractivity contribution is -0.124. The van der Waals surface area contributed by atoms with Gasteiger partial charge in [-0.1, -0.05) is 30.3 Å². The van der Waals surface area contributed by atoms with E-state index in [-0.39, 0.29) is 23.5 Å². The maximum Gasteiger partial charge on any atom is 0.237 e. The Bertz CT molecular complexity index is 395. The van der Waals surface area contributed by atoms with Crippen LogP contribution in [0.2, 0.25) is 0 Å². The molecule has 2 N–H and O–H groups in total.